The second kappa shape index (κ2) is 7.78. The summed E-state index contributed by atoms with van der Waals surface area (Å²) in [5, 5.41) is 13.8. The Kier molecular flexibility index (Phi) is 6.65. The topological polar surface area (TPSA) is 52.6 Å². The molecule has 0 saturated carbocycles. The third-order valence-corrected chi connectivity index (χ3v) is 3.27. The monoisotopic (exact) mass is 312 g/mol. The minimum Gasteiger partial charge on any atom is -0.387 e. The lowest BCUT2D eigenvalue weighted by Gasteiger charge is -2.26. The number of halogens is 1. The minimum atomic E-state index is -0.635. The summed E-state index contributed by atoms with van der Waals surface area (Å²) in [6.07, 6.45) is -0.635. The average molecular weight is 313 g/mol. The van der Waals surface area contributed by atoms with E-state index in [0.29, 0.717) is 18.1 Å². The van der Waals surface area contributed by atoms with Gasteiger partial charge in [0.1, 0.15) is 0 Å². The summed E-state index contributed by atoms with van der Waals surface area (Å²) in [6.45, 7) is 9.20. The number of nitrogens with one attached hydrogen (secondary N) is 1. The second-order valence-corrected chi connectivity index (χ2v) is 6.63. The number of benzene rings is 1. The summed E-state index contributed by atoms with van der Waals surface area (Å²) in [7, 11) is 0. The molecule has 1 aromatic carbocycles. The molecule has 4 nitrogen and oxygen atoms in total. The van der Waals surface area contributed by atoms with Gasteiger partial charge in [-0.05, 0) is 45.0 Å². The Hall–Kier alpha value is -1.10. The largest absolute Gasteiger partial charge is 0.387 e. The fourth-order valence-electron chi connectivity index (χ4n) is 2.00. The van der Waals surface area contributed by atoms with E-state index in [4.69, 9.17) is 11.6 Å². The van der Waals surface area contributed by atoms with Gasteiger partial charge in [-0.25, -0.2) is 0 Å². The Morgan fingerprint density at radius 3 is 2.38 bits per heavy atom. The molecule has 0 aromatic heterocycles. The molecule has 21 heavy (non-hydrogen) atoms. The van der Waals surface area contributed by atoms with Crippen LogP contribution in [0.4, 0.5) is 0 Å². The van der Waals surface area contributed by atoms with Crippen molar-refractivity contribution < 1.29 is 9.90 Å². The number of aliphatic hydroxyl groups is 1. The Labute approximate surface area is 132 Å². The van der Waals surface area contributed by atoms with E-state index in [0.717, 1.165) is 5.56 Å². The zero-order valence-corrected chi connectivity index (χ0v) is 13.9. The minimum absolute atomic E-state index is 0.0346. The van der Waals surface area contributed by atoms with E-state index in [2.05, 4.69) is 5.32 Å². The molecule has 0 aliphatic carbocycles. The van der Waals surface area contributed by atoms with Crippen LogP contribution in [-0.2, 0) is 4.79 Å². The number of hydrogen-bond acceptors (Lipinski definition) is 3. The van der Waals surface area contributed by atoms with Gasteiger partial charge in [-0.15, -0.1) is 0 Å². The van der Waals surface area contributed by atoms with Gasteiger partial charge in [0.05, 0.1) is 12.6 Å². The number of nitrogens with zero attached hydrogens (tertiary/aromatic N) is 1. The third kappa shape index (κ3) is 6.93. The molecule has 1 amide bonds. The molecule has 0 bridgehead atoms. The molecule has 2 N–H and O–H groups in total. The van der Waals surface area contributed by atoms with Gasteiger partial charge in [0, 0.05) is 17.1 Å². The first-order valence-corrected chi connectivity index (χ1v) is 7.56. The van der Waals surface area contributed by atoms with E-state index in [1.807, 2.05) is 32.6 Å². The van der Waals surface area contributed by atoms with Crippen LogP contribution in [-0.4, -0.2) is 41.1 Å². The van der Waals surface area contributed by atoms with Crippen LogP contribution in [0.2, 0.25) is 5.02 Å². The van der Waals surface area contributed by atoms with E-state index in [-0.39, 0.29) is 18.0 Å². The van der Waals surface area contributed by atoms with Crippen molar-refractivity contribution in [1.82, 2.24) is 10.2 Å². The highest BCUT2D eigenvalue weighted by molar-refractivity contribution is 6.30. The van der Waals surface area contributed by atoms with Crippen LogP contribution < -0.4 is 5.32 Å². The molecule has 0 aliphatic heterocycles. The number of aliphatic hydroxyl groups excluding tert-OH is 1. The second-order valence-electron chi connectivity index (χ2n) is 6.19. The zero-order chi connectivity index (χ0) is 16.0. The first-order valence-electron chi connectivity index (χ1n) is 7.18. The highest BCUT2D eigenvalue weighted by atomic mass is 35.5. The van der Waals surface area contributed by atoms with Crippen molar-refractivity contribution in [3.05, 3.63) is 34.9 Å². The molecule has 1 unspecified atom stereocenters. The molecule has 0 saturated heterocycles. The highest BCUT2D eigenvalue weighted by Gasteiger charge is 2.18. The predicted octanol–water partition coefficient (Wildman–Crippen LogP) is 2.61. The maximum Gasteiger partial charge on any atom is 0.234 e. The van der Waals surface area contributed by atoms with Crippen LogP contribution in [0.3, 0.4) is 0 Å². The number of carbonyl (C=O) groups excluding carboxylic acids is 1. The van der Waals surface area contributed by atoms with E-state index < -0.39 is 6.10 Å². The molecular weight excluding hydrogens is 288 g/mol. The number of amides is 1. The van der Waals surface area contributed by atoms with Crippen LogP contribution >= 0.6 is 11.6 Å². The lowest BCUT2D eigenvalue weighted by Crippen LogP contribution is -2.46. The van der Waals surface area contributed by atoms with Crippen LogP contribution in [0.15, 0.2) is 24.3 Å². The molecule has 0 heterocycles. The van der Waals surface area contributed by atoms with Crippen LogP contribution in [0, 0.1) is 0 Å². The summed E-state index contributed by atoms with van der Waals surface area (Å²) < 4.78 is 0. The fourth-order valence-corrected chi connectivity index (χ4v) is 2.13. The third-order valence-electron chi connectivity index (χ3n) is 3.01. The smallest absolute Gasteiger partial charge is 0.234 e. The lowest BCUT2D eigenvalue weighted by molar-refractivity contribution is -0.123. The molecule has 0 spiro atoms. The molecule has 0 radical (unpaired) electrons. The average Bonchev–Trinajstić information content (AvgIpc) is 2.36. The molecule has 0 aliphatic rings. The standard InChI is InChI=1S/C16H25ClN2O2/c1-5-19(11-15(21)18-16(2,3)4)10-14(20)12-6-8-13(17)9-7-12/h6-9,14,20H,5,10-11H2,1-4H3,(H,18,21). The zero-order valence-electron chi connectivity index (χ0n) is 13.2. The highest BCUT2D eigenvalue weighted by Crippen LogP contribution is 2.17. The predicted molar refractivity (Wildman–Crippen MR) is 86.4 cm³/mol. The summed E-state index contributed by atoms with van der Waals surface area (Å²) in [4.78, 5) is 13.9. The molecule has 5 heteroatoms. The van der Waals surface area contributed by atoms with Gasteiger partial charge in [0.15, 0.2) is 0 Å². The number of likely N-dealkylation sites (N-methyl/N-ethyl adjacent to an activating group) is 1. The van der Waals surface area contributed by atoms with Crippen LogP contribution in [0.5, 0.6) is 0 Å². The van der Waals surface area contributed by atoms with Gasteiger partial charge in [-0.1, -0.05) is 30.7 Å². The molecule has 1 aromatic rings. The van der Waals surface area contributed by atoms with E-state index in [1.165, 1.54) is 0 Å². The van der Waals surface area contributed by atoms with Gasteiger partial charge in [0.2, 0.25) is 5.91 Å². The van der Waals surface area contributed by atoms with Gasteiger partial charge in [-0.2, -0.15) is 0 Å². The van der Waals surface area contributed by atoms with E-state index in [1.54, 1.807) is 24.3 Å². The Morgan fingerprint density at radius 2 is 1.90 bits per heavy atom. The van der Waals surface area contributed by atoms with Crippen molar-refractivity contribution >= 4 is 17.5 Å². The van der Waals surface area contributed by atoms with Crippen molar-refractivity contribution in [2.45, 2.75) is 39.3 Å². The van der Waals surface area contributed by atoms with Crippen LogP contribution in [0.1, 0.15) is 39.4 Å². The molecule has 118 valence electrons. The number of hydrogen-bond donors (Lipinski definition) is 2. The summed E-state index contributed by atoms with van der Waals surface area (Å²) >= 11 is 5.83. The van der Waals surface area contributed by atoms with Crippen molar-refractivity contribution in [2.75, 3.05) is 19.6 Å². The SMILES string of the molecule is CCN(CC(=O)NC(C)(C)C)CC(O)c1ccc(Cl)cc1. The van der Waals surface area contributed by atoms with Crippen molar-refractivity contribution in [3.8, 4) is 0 Å². The molecule has 0 fully saturated rings. The fraction of sp³-hybridized carbons (Fsp3) is 0.562. The molecule has 1 rings (SSSR count). The first-order chi connectivity index (χ1) is 9.71. The molecular formula is C16H25ClN2O2. The Bertz CT molecular complexity index is 454. The Balaban J connectivity index is 2.57. The normalized spacial score (nSPS) is 13.3. The van der Waals surface area contributed by atoms with Gasteiger partial charge >= 0.3 is 0 Å². The quantitative estimate of drug-likeness (QED) is 0.849. The number of rotatable bonds is 6. The summed E-state index contributed by atoms with van der Waals surface area (Å²) in [5.74, 6) is -0.0346. The maximum atomic E-state index is 11.9. The first kappa shape index (κ1) is 18.0. The van der Waals surface area contributed by atoms with Gasteiger partial charge in [-0.3, -0.25) is 9.69 Å². The Morgan fingerprint density at radius 1 is 1.33 bits per heavy atom. The van der Waals surface area contributed by atoms with Crippen molar-refractivity contribution in [3.63, 3.8) is 0 Å². The summed E-state index contributed by atoms with van der Waals surface area (Å²) in [6, 6.07) is 7.11. The summed E-state index contributed by atoms with van der Waals surface area (Å²) in [5.41, 5.74) is 0.555. The maximum absolute atomic E-state index is 11.9. The van der Waals surface area contributed by atoms with Crippen molar-refractivity contribution in [2.24, 2.45) is 0 Å². The number of carbonyl (C=O) groups is 1. The van der Waals surface area contributed by atoms with Gasteiger partial charge < -0.3 is 10.4 Å². The van der Waals surface area contributed by atoms with E-state index >= 15 is 0 Å². The lowest BCUT2D eigenvalue weighted by atomic mass is 10.1. The molecule has 1 atom stereocenters. The van der Waals surface area contributed by atoms with Gasteiger partial charge in [0.25, 0.3) is 0 Å². The van der Waals surface area contributed by atoms with Crippen LogP contribution in [0.25, 0.3) is 0 Å². The van der Waals surface area contributed by atoms with Crippen molar-refractivity contribution in [1.29, 1.82) is 0 Å². The van der Waals surface area contributed by atoms with E-state index in [9.17, 15) is 9.90 Å².